The zero-order valence-electron chi connectivity index (χ0n) is 12.6. The zero-order chi connectivity index (χ0) is 14.3. The second kappa shape index (κ2) is 5.35. The van der Waals surface area contributed by atoms with E-state index < -0.39 is 0 Å². The van der Waals surface area contributed by atoms with Crippen LogP contribution in [0.3, 0.4) is 0 Å². The van der Waals surface area contributed by atoms with Crippen LogP contribution in [0.25, 0.3) is 11.2 Å². The highest BCUT2D eigenvalue weighted by molar-refractivity contribution is 7.71. The second-order valence-electron chi connectivity index (χ2n) is 6.08. The van der Waals surface area contributed by atoms with E-state index >= 15 is 0 Å². The highest BCUT2D eigenvalue weighted by Crippen LogP contribution is 2.36. The van der Waals surface area contributed by atoms with Gasteiger partial charge in [0, 0.05) is 13.1 Å². The van der Waals surface area contributed by atoms with E-state index in [4.69, 9.17) is 12.2 Å². The summed E-state index contributed by atoms with van der Waals surface area (Å²) in [6.07, 6.45) is 7.94. The van der Waals surface area contributed by atoms with Crippen LogP contribution in [0, 0.1) is 17.6 Å². The minimum atomic E-state index is 0.506. The van der Waals surface area contributed by atoms with Gasteiger partial charge in [0.05, 0.1) is 5.69 Å². The fourth-order valence-electron chi connectivity index (χ4n) is 3.89. The van der Waals surface area contributed by atoms with Gasteiger partial charge in [-0.3, -0.25) is 9.25 Å². The third-order valence-corrected chi connectivity index (χ3v) is 5.11. The van der Waals surface area contributed by atoms with Gasteiger partial charge in [0.1, 0.15) is 5.52 Å². The number of aromatic amines is 1. The Balaban J connectivity index is 2.11. The minimum Gasteiger partial charge on any atom is -0.328 e. The van der Waals surface area contributed by atoms with Crippen LogP contribution < -0.4 is 0 Å². The van der Waals surface area contributed by atoms with Gasteiger partial charge >= 0.3 is 0 Å². The lowest BCUT2D eigenvalue weighted by Crippen LogP contribution is -2.22. The van der Waals surface area contributed by atoms with Crippen LogP contribution >= 0.6 is 12.2 Å². The van der Waals surface area contributed by atoms with Crippen LogP contribution in [0.15, 0.2) is 0 Å². The largest absolute Gasteiger partial charge is 0.328 e. The zero-order valence-corrected chi connectivity index (χ0v) is 13.5. The molecule has 2 aromatic rings. The summed E-state index contributed by atoms with van der Waals surface area (Å²) in [4.78, 5) is 3.36. The van der Waals surface area contributed by atoms with Crippen molar-refractivity contribution in [2.75, 3.05) is 0 Å². The molecule has 1 aliphatic rings. The molecule has 110 valence electrons. The van der Waals surface area contributed by atoms with Crippen molar-refractivity contribution in [1.82, 2.24) is 19.3 Å². The van der Waals surface area contributed by atoms with Crippen LogP contribution in [-0.2, 0) is 7.05 Å². The van der Waals surface area contributed by atoms with Crippen LogP contribution in [-0.4, -0.2) is 19.3 Å². The number of hydrogen-bond acceptors (Lipinski definition) is 2. The van der Waals surface area contributed by atoms with E-state index in [1.54, 1.807) is 0 Å². The Bertz CT molecular complexity index is 657. The van der Waals surface area contributed by atoms with Gasteiger partial charge in [-0.05, 0) is 44.3 Å². The third kappa shape index (κ3) is 2.12. The smallest absolute Gasteiger partial charge is 0.179 e. The first-order valence-corrected chi connectivity index (χ1v) is 8.18. The highest BCUT2D eigenvalue weighted by Gasteiger charge is 2.27. The number of aryl methyl sites for hydroxylation is 2. The summed E-state index contributed by atoms with van der Waals surface area (Å²) in [7, 11) is 2.02. The van der Waals surface area contributed by atoms with Crippen molar-refractivity contribution in [2.24, 2.45) is 13.0 Å². The van der Waals surface area contributed by atoms with E-state index in [0.717, 1.165) is 34.0 Å². The molecule has 3 rings (SSSR count). The Kier molecular flexibility index (Phi) is 3.71. The number of aromatic nitrogens is 4. The van der Waals surface area contributed by atoms with Gasteiger partial charge in [-0.2, -0.15) is 5.10 Å². The second-order valence-corrected chi connectivity index (χ2v) is 6.47. The number of imidazole rings is 1. The molecule has 5 heteroatoms. The van der Waals surface area contributed by atoms with Gasteiger partial charge in [0.15, 0.2) is 10.4 Å². The molecule has 2 aromatic heterocycles. The first-order valence-electron chi connectivity index (χ1n) is 7.77. The molecule has 0 aromatic carbocycles. The lowest BCUT2D eigenvalue weighted by atomic mass is 9.83. The Morgan fingerprint density at radius 2 is 2.05 bits per heavy atom. The summed E-state index contributed by atoms with van der Waals surface area (Å²) in [6.45, 7) is 4.32. The Hall–Kier alpha value is -1.10. The summed E-state index contributed by atoms with van der Waals surface area (Å²) in [6, 6.07) is 0.506. The van der Waals surface area contributed by atoms with Crippen molar-refractivity contribution in [1.29, 1.82) is 0 Å². The standard InChI is InChI=1S/C15H24N4S/c1-4-12(11-8-6-5-7-9-11)19-14-13(16-15(19)20)10(2)17-18(14)3/h11-12H,4-9H2,1-3H3,(H,16,20). The molecular weight excluding hydrogens is 268 g/mol. The molecule has 20 heavy (non-hydrogen) atoms. The van der Waals surface area contributed by atoms with Crippen molar-refractivity contribution in [3.63, 3.8) is 0 Å². The monoisotopic (exact) mass is 292 g/mol. The van der Waals surface area contributed by atoms with Gasteiger partial charge in [0.2, 0.25) is 0 Å². The molecule has 0 radical (unpaired) electrons. The first-order chi connectivity index (χ1) is 9.63. The summed E-state index contributed by atoms with van der Waals surface area (Å²) in [5.41, 5.74) is 3.29. The highest BCUT2D eigenvalue weighted by atomic mass is 32.1. The Morgan fingerprint density at radius 1 is 1.35 bits per heavy atom. The fraction of sp³-hybridized carbons (Fsp3) is 0.733. The number of nitrogens with zero attached hydrogens (tertiary/aromatic N) is 3. The van der Waals surface area contributed by atoms with Gasteiger partial charge in [-0.25, -0.2) is 0 Å². The summed E-state index contributed by atoms with van der Waals surface area (Å²) >= 11 is 5.60. The van der Waals surface area contributed by atoms with Crippen molar-refractivity contribution in [3.05, 3.63) is 10.5 Å². The van der Waals surface area contributed by atoms with Crippen LogP contribution in [0.5, 0.6) is 0 Å². The number of H-pyrrole nitrogens is 1. The Labute approximate surface area is 125 Å². The van der Waals surface area contributed by atoms with Gasteiger partial charge < -0.3 is 4.98 Å². The molecule has 1 fully saturated rings. The SMILES string of the molecule is CCC(C1CCCCC1)n1c(=S)[nH]c2c(C)nn(C)c21. The molecule has 0 amide bonds. The lowest BCUT2D eigenvalue weighted by molar-refractivity contribution is 0.244. The maximum Gasteiger partial charge on any atom is 0.179 e. The van der Waals surface area contributed by atoms with Gasteiger partial charge in [0.25, 0.3) is 0 Å². The van der Waals surface area contributed by atoms with E-state index in [-0.39, 0.29) is 0 Å². The number of nitrogens with one attached hydrogen (secondary N) is 1. The first kappa shape index (κ1) is 13.9. The number of rotatable bonds is 3. The van der Waals surface area contributed by atoms with Crippen LogP contribution in [0.1, 0.15) is 57.2 Å². The van der Waals surface area contributed by atoms with Crippen molar-refractivity contribution < 1.29 is 0 Å². The fourth-order valence-corrected chi connectivity index (χ4v) is 4.21. The average Bonchev–Trinajstić information content (AvgIpc) is 2.91. The lowest BCUT2D eigenvalue weighted by Gasteiger charge is -2.30. The molecule has 1 aliphatic carbocycles. The molecule has 2 heterocycles. The van der Waals surface area contributed by atoms with Gasteiger partial charge in [-0.1, -0.05) is 26.2 Å². The van der Waals surface area contributed by atoms with E-state index in [0.29, 0.717) is 6.04 Å². The quantitative estimate of drug-likeness (QED) is 0.858. The third-order valence-electron chi connectivity index (χ3n) is 4.81. The molecule has 4 nitrogen and oxygen atoms in total. The molecule has 0 bridgehead atoms. The molecule has 0 saturated heterocycles. The molecule has 0 aliphatic heterocycles. The summed E-state index contributed by atoms with van der Waals surface area (Å²) in [5, 5.41) is 4.53. The van der Waals surface area contributed by atoms with E-state index in [1.165, 1.54) is 32.1 Å². The maximum absolute atomic E-state index is 5.60. The Morgan fingerprint density at radius 3 is 2.70 bits per heavy atom. The molecule has 1 N–H and O–H groups in total. The normalized spacial score (nSPS) is 18.8. The molecule has 0 spiro atoms. The minimum absolute atomic E-state index is 0.506. The molecule has 1 unspecified atom stereocenters. The van der Waals surface area contributed by atoms with Gasteiger partial charge in [-0.15, -0.1) is 0 Å². The molecular formula is C15H24N4S. The number of fused-ring (bicyclic) bond motifs is 1. The van der Waals surface area contributed by atoms with Crippen molar-refractivity contribution >= 4 is 23.4 Å². The van der Waals surface area contributed by atoms with Crippen LogP contribution in [0.4, 0.5) is 0 Å². The van der Waals surface area contributed by atoms with E-state index in [9.17, 15) is 0 Å². The predicted octanol–water partition coefficient (Wildman–Crippen LogP) is 4.27. The predicted molar refractivity (Wildman–Crippen MR) is 84.5 cm³/mol. The average molecular weight is 292 g/mol. The summed E-state index contributed by atoms with van der Waals surface area (Å²) in [5.74, 6) is 0.759. The van der Waals surface area contributed by atoms with E-state index in [2.05, 4.69) is 21.6 Å². The van der Waals surface area contributed by atoms with Crippen molar-refractivity contribution in [3.8, 4) is 0 Å². The summed E-state index contributed by atoms with van der Waals surface area (Å²) < 4.78 is 5.16. The number of hydrogen-bond donors (Lipinski definition) is 1. The van der Waals surface area contributed by atoms with E-state index in [1.807, 2.05) is 18.7 Å². The van der Waals surface area contributed by atoms with Crippen LogP contribution in [0.2, 0.25) is 0 Å². The molecule has 1 saturated carbocycles. The topological polar surface area (TPSA) is 38.5 Å². The van der Waals surface area contributed by atoms with Crippen molar-refractivity contribution in [2.45, 2.75) is 58.4 Å². The maximum atomic E-state index is 5.60. The molecule has 1 atom stereocenters.